The van der Waals surface area contributed by atoms with E-state index in [1.165, 1.54) is 0 Å². The number of hydrogen-bond donors (Lipinski definition) is 4. The molecule has 8 nitrogen and oxygen atoms in total. The number of esters is 1. The van der Waals surface area contributed by atoms with Crippen LogP contribution in [0.2, 0.25) is 0 Å². The van der Waals surface area contributed by atoms with E-state index >= 15 is 0 Å². The Bertz CT molecular complexity index is 932. The van der Waals surface area contributed by atoms with E-state index in [0.29, 0.717) is 32.1 Å². The third kappa shape index (κ3) is 2.78. The molecule has 6 aliphatic rings. The second-order valence-electron chi connectivity index (χ2n) is 12.7. The quantitative estimate of drug-likeness (QED) is 0.417. The topological polar surface area (TPSA) is 126 Å². The number of fused-ring (bicyclic) bond motifs is 3. The molecule has 4 N–H and O–H groups in total. The number of ether oxygens (including phenoxy) is 3. The maximum atomic E-state index is 12.4. The molecule has 0 aromatic carbocycles. The summed E-state index contributed by atoms with van der Waals surface area (Å²) in [6, 6.07) is 0. The Hall–Kier alpha value is -1.03. The summed E-state index contributed by atoms with van der Waals surface area (Å²) in [5, 5.41) is 46.9. The maximum Gasteiger partial charge on any atom is 0.331 e. The smallest absolute Gasteiger partial charge is 0.331 e. The SMILES string of the molecule is CC1(C)OC[C@]23C4C(CC[C@]2(O)C[C@@H](O)C[C@H]3O1)[C@@]1(O)CC[C@H](C2=CC(=O)OC2)[C@@]1(C)C[C@H]4O. The Morgan fingerprint density at radius 3 is 2.53 bits per heavy atom. The molecule has 0 aromatic heterocycles. The van der Waals surface area contributed by atoms with E-state index in [4.69, 9.17) is 14.2 Å². The molecule has 1 spiro atoms. The fraction of sp³-hybridized carbons (Fsp3) is 0.885. The van der Waals surface area contributed by atoms with Crippen LogP contribution in [0.15, 0.2) is 11.6 Å². The van der Waals surface area contributed by atoms with Crippen LogP contribution < -0.4 is 0 Å². The summed E-state index contributed by atoms with van der Waals surface area (Å²) >= 11 is 0. The summed E-state index contributed by atoms with van der Waals surface area (Å²) < 4.78 is 17.7. The summed E-state index contributed by atoms with van der Waals surface area (Å²) in [6.45, 7) is 6.19. The summed E-state index contributed by atoms with van der Waals surface area (Å²) in [4.78, 5) is 11.8. The standard InChI is InChI=1S/C26H38O8/c1-22(2)33-13-25-19(34-22)9-15(27)10-24(25,30)6-4-17-21(25)18(28)11-23(3)16(5-7-26(17,23)31)14-8-20(29)32-12-14/h8,15-19,21,27-28,30-31H,4-7,9-13H2,1-3H3/t15-,16+,17?,18+,19+,21?,23+,24-,25-,26-/m0/s1. The molecule has 4 aliphatic carbocycles. The van der Waals surface area contributed by atoms with Crippen LogP contribution >= 0.6 is 0 Å². The van der Waals surface area contributed by atoms with Gasteiger partial charge in [0.25, 0.3) is 0 Å². The number of carbonyl (C=O) groups is 1. The van der Waals surface area contributed by atoms with Gasteiger partial charge in [-0.1, -0.05) is 6.92 Å². The molecule has 0 radical (unpaired) electrons. The Labute approximate surface area is 200 Å². The van der Waals surface area contributed by atoms with Crippen molar-refractivity contribution in [1.29, 1.82) is 0 Å². The molecule has 2 aliphatic heterocycles. The van der Waals surface area contributed by atoms with Crippen molar-refractivity contribution >= 4 is 5.97 Å². The number of carbonyl (C=O) groups excluding carboxylic acids is 1. The van der Waals surface area contributed by atoms with E-state index in [9.17, 15) is 25.2 Å². The first-order chi connectivity index (χ1) is 15.9. The van der Waals surface area contributed by atoms with Gasteiger partial charge in [0, 0.05) is 30.3 Å². The zero-order chi connectivity index (χ0) is 24.3. The number of hydrogen-bond acceptors (Lipinski definition) is 8. The van der Waals surface area contributed by atoms with E-state index in [-0.39, 0.29) is 37.4 Å². The maximum absolute atomic E-state index is 12.4. The number of aliphatic hydroxyl groups excluding tert-OH is 2. The Kier molecular flexibility index (Phi) is 4.84. The summed E-state index contributed by atoms with van der Waals surface area (Å²) in [5.74, 6) is -1.91. The first-order valence-electron chi connectivity index (χ1n) is 12.9. The molecule has 10 atom stereocenters. The molecule has 6 rings (SSSR count). The highest BCUT2D eigenvalue weighted by atomic mass is 16.7. The predicted molar refractivity (Wildman–Crippen MR) is 119 cm³/mol. The van der Waals surface area contributed by atoms with Gasteiger partial charge in [-0.2, -0.15) is 0 Å². The Balaban J connectivity index is 1.43. The highest BCUT2D eigenvalue weighted by Crippen LogP contribution is 2.71. The molecular formula is C26H38O8. The van der Waals surface area contributed by atoms with Crippen molar-refractivity contribution in [3.05, 3.63) is 11.6 Å². The van der Waals surface area contributed by atoms with Gasteiger partial charge in [-0.05, 0) is 63.4 Å². The summed E-state index contributed by atoms with van der Waals surface area (Å²) in [7, 11) is 0. The molecule has 0 amide bonds. The lowest BCUT2D eigenvalue weighted by Gasteiger charge is -2.70. The molecule has 8 heteroatoms. The summed E-state index contributed by atoms with van der Waals surface area (Å²) in [6.07, 6.45) is 2.81. The van der Waals surface area contributed by atoms with Crippen LogP contribution in [0.5, 0.6) is 0 Å². The lowest BCUT2D eigenvalue weighted by molar-refractivity contribution is -0.401. The molecule has 0 bridgehead atoms. The molecule has 2 heterocycles. The molecule has 5 fully saturated rings. The van der Waals surface area contributed by atoms with Gasteiger partial charge in [0.05, 0.1) is 41.5 Å². The highest BCUT2D eigenvalue weighted by molar-refractivity contribution is 5.85. The fourth-order valence-electron chi connectivity index (χ4n) is 9.45. The van der Waals surface area contributed by atoms with E-state index in [1.807, 2.05) is 20.8 Å². The molecule has 4 saturated carbocycles. The van der Waals surface area contributed by atoms with Crippen molar-refractivity contribution in [1.82, 2.24) is 0 Å². The van der Waals surface area contributed by atoms with Crippen molar-refractivity contribution < 1.29 is 39.4 Å². The Morgan fingerprint density at radius 2 is 1.82 bits per heavy atom. The van der Waals surface area contributed by atoms with Gasteiger partial charge in [0.1, 0.15) is 6.61 Å². The molecule has 34 heavy (non-hydrogen) atoms. The van der Waals surface area contributed by atoms with Crippen LogP contribution in [0, 0.1) is 28.6 Å². The minimum atomic E-state index is -1.25. The van der Waals surface area contributed by atoms with E-state index < -0.39 is 52.0 Å². The molecule has 2 unspecified atom stereocenters. The second kappa shape index (κ2) is 7.05. The lowest BCUT2D eigenvalue weighted by Crippen LogP contribution is -2.78. The van der Waals surface area contributed by atoms with Gasteiger partial charge in [0.2, 0.25) is 0 Å². The predicted octanol–water partition coefficient (Wildman–Crippen LogP) is 1.43. The average Bonchev–Trinajstić information content (AvgIpc) is 3.26. The Morgan fingerprint density at radius 1 is 1.06 bits per heavy atom. The molecular weight excluding hydrogens is 440 g/mol. The first-order valence-corrected chi connectivity index (χ1v) is 12.9. The van der Waals surface area contributed by atoms with Crippen LogP contribution in [0.4, 0.5) is 0 Å². The van der Waals surface area contributed by atoms with Crippen molar-refractivity contribution in [3.63, 3.8) is 0 Å². The average molecular weight is 479 g/mol. The van der Waals surface area contributed by atoms with Gasteiger partial charge in [-0.15, -0.1) is 0 Å². The molecule has 190 valence electrons. The largest absolute Gasteiger partial charge is 0.458 e. The van der Waals surface area contributed by atoms with Crippen LogP contribution in [-0.2, 0) is 19.0 Å². The first kappa shape index (κ1) is 23.4. The van der Waals surface area contributed by atoms with Gasteiger partial charge < -0.3 is 34.6 Å². The second-order valence-corrected chi connectivity index (χ2v) is 12.7. The molecule has 1 saturated heterocycles. The van der Waals surface area contributed by atoms with Gasteiger partial charge >= 0.3 is 5.97 Å². The minimum absolute atomic E-state index is 0.0420. The molecule has 0 aromatic rings. The van der Waals surface area contributed by atoms with Crippen molar-refractivity contribution in [2.24, 2.45) is 28.6 Å². The van der Waals surface area contributed by atoms with Crippen LogP contribution in [0.1, 0.15) is 65.7 Å². The highest BCUT2D eigenvalue weighted by Gasteiger charge is 2.76. The normalized spacial score (nSPS) is 56.0. The third-order valence-corrected chi connectivity index (χ3v) is 10.8. The van der Waals surface area contributed by atoms with Crippen molar-refractivity contribution in [2.75, 3.05) is 13.2 Å². The number of aliphatic hydroxyl groups is 4. The minimum Gasteiger partial charge on any atom is -0.458 e. The van der Waals surface area contributed by atoms with E-state index in [2.05, 4.69) is 0 Å². The van der Waals surface area contributed by atoms with Crippen molar-refractivity contribution in [2.45, 2.75) is 101 Å². The zero-order valence-corrected chi connectivity index (χ0v) is 20.3. The third-order valence-electron chi connectivity index (χ3n) is 10.8. The van der Waals surface area contributed by atoms with Crippen LogP contribution in [0.3, 0.4) is 0 Å². The fourth-order valence-corrected chi connectivity index (χ4v) is 9.45. The van der Waals surface area contributed by atoms with Crippen molar-refractivity contribution in [3.8, 4) is 0 Å². The van der Waals surface area contributed by atoms with Gasteiger partial charge in [-0.3, -0.25) is 0 Å². The van der Waals surface area contributed by atoms with E-state index in [1.54, 1.807) is 6.08 Å². The van der Waals surface area contributed by atoms with Crippen LogP contribution in [0.25, 0.3) is 0 Å². The number of rotatable bonds is 1. The van der Waals surface area contributed by atoms with Crippen LogP contribution in [-0.4, -0.2) is 74.9 Å². The zero-order valence-electron chi connectivity index (χ0n) is 20.3. The monoisotopic (exact) mass is 478 g/mol. The van der Waals surface area contributed by atoms with E-state index in [0.717, 1.165) is 12.0 Å². The van der Waals surface area contributed by atoms with Gasteiger partial charge in [0.15, 0.2) is 5.79 Å². The number of cyclic esters (lactones) is 1. The lowest BCUT2D eigenvalue weighted by atomic mass is 9.40. The summed E-state index contributed by atoms with van der Waals surface area (Å²) in [5.41, 5.74) is -2.92. The van der Waals surface area contributed by atoms with Gasteiger partial charge in [-0.25, -0.2) is 4.79 Å².